The maximum absolute atomic E-state index is 12.9. The van der Waals surface area contributed by atoms with Crippen molar-refractivity contribution < 1.29 is 43.8 Å². The average Bonchev–Trinajstić information content (AvgIpc) is 3.23. The lowest BCUT2D eigenvalue weighted by Gasteiger charge is -2.28. The first-order valence-corrected chi connectivity index (χ1v) is 10.5. The minimum Gasteiger partial charge on any atom is -0.481 e. The van der Waals surface area contributed by atoms with Crippen molar-refractivity contribution in [2.75, 3.05) is 6.54 Å². The Morgan fingerprint density at radius 2 is 1.50 bits per heavy atom. The molecule has 0 radical (unpaired) electrons. The Morgan fingerprint density at radius 1 is 0.882 bits per heavy atom. The highest BCUT2D eigenvalue weighted by Gasteiger charge is 2.38. The molecule has 15 heteroatoms. The van der Waals surface area contributed by atoms with Gasteiger partial charge < -0.3 is 42.9 Å². The molecule has 34 heavy (non-hydrogen) atoms. The number of carboxylic acid groups (broad SMARTS) is 2. The van der Waals surface area contributed by atoms with Gasteiger partial charge in [0.15, 0.2) is 0 Å². The van der Waals surface area contributed by atoms with E-state index >= 15 is 0 Å². The molecule has 0 aromatic rings. The molecule has 10 N–H and O–H groups in total. The largest absolute Gasteiger partial charge is 0.481 e. The second-order valence-electron chi connectivity index (χ2n) is 7.86. The molecule has 1 rings (SSSR count). The second kappa shape index (κ2) is 13.1. The van der Waals surface area contributed by atoms with Crippen LogP contribution in [0.2, 0.25) is 0 Å². The molecule has 190 valence electrons. The number of carboxylic acids is 2. The van der Waals surface area contributed by atoms with Gasteiger partial charge in [-0.15, -0.1) is 0 Å². The first-order valence-electron chi connectivity index (χ1n) is 10.5. The Labute approximate surface area is 194 Å². The number of primary amides is 2. The SMILES string of the molecule is NC(=O)CCC(N)C(=O)NC(CC(N)=O)C(=O)NC(CCC(=O)O)C(=O)N1CCCC1C(=O)O. The van der Waals surface area contributed by atoms with Crippen molar-refractivity contribution in [3.63, 3.8) is 0 Å². The third-order valence-electron chi connectivity index (χ3n) is 5.16. The molecule has 1 saturated heterocycles. The van der Waals surface area contributed by atoms with Crippen LogP contribution in [-0.4, -0.2) is 87.3 Å². The number of hydrogen-bond acceptors (Lipinski definition) is 8. The van der Waals surface area contributed by atoms with Gasteiger partial charge in [0, 0.05) is 19.4 Å². The summed E-state index contributed by atoms with van der Waals surface area (Å²) in [6.45, 7) is 0.103. The Morgan fingerprint density at radius 3 is 2.03 bits per heavy atom. The summed E-state index contributed by atoms with van der Waals surface area (Å²) in [5.74, 6) is -6.88. The standard InChI is InChI=1S/C19H30N6O9/c20-9(3-5-13(21)26)16(30)24-11(8-14(22)27)17(31)23-10(4-6-15(28)29)18(32)25-7-1-2-12(25)19(33)34/h9-12H,1-8,20H2,(H2,21,26)(H2,22,27)(H,23,31)(H,24,30)(H,28,29)(H,33,34). The molecular weight excluding hydrogens is 456 g/mol. The minimum atomic E-state index is -1.56. The van der Waals surface area contributed by atoms with Crippen molar-refractivity contribution in [3.8, 4) is 0 Å². The monoisotopic (exact) mass is 486 g/mol. The van der Waals surface area contributed by atoms with Crippen LogP contribution in [0.4, 0.5) is 0 Å². The van der Waals surface area contributed by atoms with Crippen LogP contribution in [0, 0.1) is 0 Å². The summed E-state index contributed by atoms with van der Waals surface area (Å²) < 4.78 is 0. The van der Waals surface area contributed by atoms with E-state index in [1.807, 2.05) is 0 Å². The van der Waals surface area contributed by atoms with Crippen molar-refractivity contribution in [1.82, 2.24) is 15.5 Å². The zero-order chi connectivity index (χ0) is 26.0. The summed E-state index contributed by atoms with van der Waals surface area (Å²) in [6.07, 6.45) is -1.27. The van der Waals surface area contributed by atoms with E-state index in [-0.39, 0.29) is 32.2 Å². The number of carbonyl (C=O) groups excluding carboxylic acids is 5. The smallest absolute Gasteiger partial charge is 0.326 e. The molecule has 5 amide bonds. The molecule has 0 spiro atoms. The van der Waals surface area contributed by atoms with Gasteiger partial charge in [0.25, 0.3) is 0 Å². The molecule has 1 fully saturated rings. The van der Waals surface area contributed by atoms with Gasteiger partial charge in [0.05, 0.1) is 12.5 Å². The lowest BCUT2D eigenvalue weighted by Crippen LogP contribution is -2.57. The summed E-state index contributed by atoms with van der Waals surface area (Å²) in [5, 5.41) is 22.8. The molecule has 0 aromatic carbocycles. The molecule has 4 unspecified atom stereocenters. The Bertz CT molecular complexity index is 833. The predicted molar refractivity (Wildman–Crippen MR) is 113 cm³/mol. The number of aliphatic carboxylic acids is 2. The molecule has 4 atom stereocenters. The van der Waals surface area contributed by atoms with Crippen molar-refractivity contribution in [2.24, 2.45) is 17.2 Å². The number of likely N-dealkylation sites (tertiary alicyclic amines) is 1. The van der Waals surface area contributed by atoms with E-state index in [1.54, 1.807) is 0 Å². The van der Waals surface area contributed by atoms with Crippen LogP contribution >= 0.6 is 0 Å². The highest BCUT2D eigenvalue weighted by Crippen LogP contribution is 2.19. The first kappa shape index (κ1) is 28.3. The molecule has 1 aliphatic heterocycles. The van der Waals surface area contributed by atoms with Crippen LogP contribution in [0.3, 0.4) is 0 Å². The minimum absolute atomic E-state index is 0.103. The molecule has 0 aliphatic carbocycles. The van der Waals surface area contributed by atoms with E-state index in [0.29, 0.717) is 6.42 Å². The van der Waals surface area contributed by atoms with Crippen LogP contribution in [0.5, 0.6) is 0 Å². The highest BCUT2D eigenvalue weighted by molar-refractivity contribution is 5.96. The van der Waals surface area contributed by atoms with E-state index in [9.17, 15) is 38.7 Å². The third kappa shape index (κ3) is 9.01. The molecular formula is C19H30N6O9. The fourth-order valence-corrected chi connectivity index (χ4v) is 3.40. The van der Waals surface area contributed by atoms with Crippen molar-refractivity contribution in [3.05, 3.63) is 0 Å². The summed E-state index contributed by atoms with van der Waals surface area (Å²) >= 11 is 0. The molecule has 1 aliphatic rings. The van der Waals surface area contributed by atoms with Crippen LogP contribution in [0.15, 0.2) is 0 Å². The third-order valence-corrected chi connectivity index (χ3v) is 5.16. The Balaban J connectivity index is 3.00. The van der Waals surface area contributed by atoms with E-state index in [2.05, 4.69) is 10.6 Å². The van der Waals surface area contributed by atoms with E-state index in [4.69, 9.17) is 22.3 Å². The zero-order valence-corrected chi connectivity index (χ0v) is 18.4. The number of amides is 5. The van der Waals surface area contributed by atoms with E-state index < -0.39 is 78.5 Å². The predicted octanol–water partition coefficient (Wildman–Crippen LogP) is -3.64. The van der Waals surface area contributed by atoms with Crippen LogP contribution < -0.4 is 27.8 Å². The van der Waals surface area contributed by atoms with Gasteiger partial charge in [-0.2, -0.15) is 0 Å². The van der Waals surface area contributed by atoms with E-state index in [1.165, 1.54) is 0 Å². The maximum atomic E-state index is 12.9. The lowest BCUT2D eigenvalue weighted by atomic mass is 10.1. The van der Waals surface area contributed by atoms with Crippen LogP contribution in [-0.2, 0) is 33.6 Å². The summed E-state index contributed by atoms with van der Waals surface area (Å²) in [5.41, 5.74) is 15.8. The highest BCUT2D eigenvalue weighted by atomic mass is 16.4. The number of carbonyl (C=O) groups is 7. The molecule has 0 saturated carbocycles. The van der Waals surface area contributed by atoms with Gasteiger partial charge in [-0.3, -0.25) is 28.8 Å². The van der Waals surface area contributed by atoms with Crippen molar-refractivity contribution in [1.29, 1.82) is 0 Å². The maximum Gasteiger partial charge on any atom is 0.326 e. The number of nitrogens with zero attached hydrogens (tertiary/aromatic N) is 1. The van der Waals surface area contributed by atoms with Gasteiger partial charge in [-0.05, 0) is 25.7 Å². The molecule has 1 heterocycles. The first-order chi connectivity index (χ1) is 15.8. The summed E-state index contributed by atoms with van der Waals surface area (Å²) in [6, 6.07) is -5.35. The van der Waals surface area contributed by atoms with Gasteiger partial charge in [0.2, 0.25) is 29.5 Å². The molecule has 0 bridgehead atoms. The van der Waals surface area contributed by atoms with Crippen LogP contribution in [0.25, 0.3) is 0 Å². The fraction of sp³-hybridized carbons (Fsp3) is 0.632. The van der Waals surface area contributed by atoms with Crippen LogP contribution in [0.1, 0.15) is 44.9 Å². The summed E-state index contributed by atoms with van der Waals surface area (Å²) in [7, 11) is 0. The van der Waals surface area contributed by atoms with Gasteiger partial charge in [-0.1, -0.05) is 0 Å². The second-order valence-corrected chi connectivity index (χ2v) is 7.86. The Hall–Kier alpha value is -3.75. The Kier molecular flexibility index (Phi) is 10.9. The van der Waals surface area contributed by atoms with Gasteiger partial charge in [-0.25, -0.2) is 4.79 Å². The topological polar surface area (TPSA) is 265 Å². The average molecular weight is 486 g/mol. The number of nitrogens with one attached hydrogen (secondary N) is 2. The number of rotatable bonds is 14. The fourth-order valence-electron chi connectivity index (χ4n) is 3.40. The number of nitrogens with two attached hydrogens (primary N) is 3. The van der Waals surface area contributed by atoms with Gasteiger partial charge >= 0.3 is 11.9 Å². The van der Waals surface area contributed by atoms with E-state index in [0.717, 1.165) is 4.90 Å². The van der Waals surface area contributed by atoms with Crippen molar-refractivity contribution in [2.45, 2.75) is 69.1 Å². The summed E-state index contributed by atoms with van der Waals surface area (Å²) in [4.78, 5) is 83.8. The molecule has 0 aromatic heterocycles. The van der Waals surface area contributed by atoms with Crippen molar-refractivity contribution >= 4 is 41.5 Å². The lowest BCUT2D eigenvalue weighted by molar-refractivity contribution is -0.150. The van der Waals surface area contributed by atoms with Gasteiger partial charge in [0.1, 0.15) is 18.1 Å². The quantitative estimate of drug-likeness (QED) is 0.126. The molecule has 15 nitrogen and oxygen atoms in total. The normalized spacial score (nSPS) is 17.8. The zero-order valence-electron chi connectivity index (χ0n) is 18.4. The number of hydrogen-bond donors (Lipinski definition) is 7.